The Labute approximate surface area is 78.5 Å². The van der Waals surface area contributed by atoms with Crippen molar-refractivity contribution in [3.05, 3.63) is 0 Å². The Hall–Kier alpha value is 0.880. The summed E-state index contributed by atoms with van der Waals surface area (Å²) in [7, 11) is 0. The summed E-state index contributed by atoms with van der Waals surface area (Å²) in [5, 5.41) is 1.93. The molecule has 62 valence electrons. The van der Waals surface area contributed by atoms with Crippen LogP contribution in [0.15, 0.2) is 0 Å². The first-order valence-electron chi connectivity index (χ1n) is 3.28. The summed E-state index contributed by atoms with van der Waals surface area (Å²) in [6.07, 6.45) is 1.99. The van der Waals surface area contributed by atoms with Crippen molar-refractivity contribution in [1.82, 2.24) is 0 Å². The van der Waals surface area contributed by atoms with E-state index < -0.39 is 0 Å². The fraction of sp³-hybridized carbons (Fsp3) is 1.00. The number of rotatable bonds is 7. The van der Waals surface area contributed by atoms with Crippen molar-refractivity contribution in [2.24, 2.45) is 0 Å². The predicted molar refractivity (Wildman–Crippen MR) is 48.7 cm³/mol. The van der Waals surface area contributed by atoms with Gasteiger partial charge in [-0.2, -0.15) is 0 Å². The molecule has 0 saturated heterocycles. The third kappa shape index (κ3) is 8.88. The zero-order valence-corrected chi connectivity index (χ0v) is 8.99. The molecule has 2 nitrogen and oxygen atoms in total. The highest BCUT2D eigenvalue weighted by molar-refractivity contribution is 9.09. The van der Waals surface area contributed by atoms with Crippen LogP contribution in [-0.4, -0.2) is 23.9 Å². The van der Waals surface area contributed by atoms with Crippen LogP contribution in [0.25, 0.3) is 0 Å². The second-order valence-electron chi connectivity index (χ2n) is 1.73. The molecule has 0 bridgehead atoms. The first-order chi connectivity index (χ1) is 4.91. The third-order valence-corrected chi connectivity index (χ3v) is 1.93. The lowest BCUT2D eigenvalue weighted by Gasteiger charge is -2.00. The lowest BCUT2D eigenvalue weighted by molar-refractivity contribution is -0.293. The molecular formula is C6H12Br2O2. The van der Waals surface area contributed by atoms with Crippen molar-refractivity contribution >= 4 is 31.9 Å². The van der Waals surface area contributed by atoms with Crippen LogP contribution in [0.1, 0.15) is 12.8 Å². The number of hydrogen-bond acceptors (Lipinski definition) is 2. The third-order valence-electron chi connectivity index (χ3n) is 0.806. The number of alkyl halides is 2. The second kappa shape index (κ2) is 9.88. The summed E-state index contributed by atoms with van der Waals surface area (Å²) in [6.45, 7) is 1.35. The minimum absolute atomic E-state index is 0.674. The average molecular weight is 276 g/mol. The molecule has 10 heavy (non-hydrogen) atoms. The van der Waals surface area contributed by atoms with Crippen LogP contribution >= 0.6 is 31.9 Å². The van der Waals surface area contributed by atoms with Gasteiger partial charge in [-0.3, -0.25) is 0 Å². The van der Waals surface area contributed by atoms with Gasteiger partial charge in [-0.05, 0) is 12.8 Å². The van der Waals surface area contributed by atoms with Crippen LogP contribution in [0.5, 0.6) is 0 Å². The van der Waals surface area contributed by atoms with Gasteiger partial charge in [0, 0.05) is 10.7 Å². The van der Waals surface area contributed by atoms with Gasteiger partial charge in [0.2, 0.25) is 0 Å². The molecule has 0 aliphatic carbocycles. The van der Waals surface area contributed by atoms with Crippen molar-refractivity contribution in [3.8, 4) is 0 Å². The Bertz CT molecular complexity index is 53.7. The zero-order valence-electron chi connectivity index (χ0n) is 5.82. The fourth-order valence-corrected chi connectivity index (χ4v) is 0.803. The van der Waals surface area contributed by atoms with Gasteiger partial charge in [0.1, 0.15) is 0 Å². The summed E-state index contributed by atoms with van der Waals surface area (Å²) >= 11 is 6.58. The van der Waals surface area contributed by atoms with Crippen molar-refractivity contribution < 1.29 is 9.78 Å². The van der Waals surface area contributed by atoms with Crippen molar-refractivity contribution in [2.75, 3.05) is 23.9 Å². The lowest BCUT2D eigenvalue weighted by Crippen LogP contribution is -1.99. The summed E-state index contributed by atoms with van der Waals surface area (Å²) < 4.78 is 0. The Morgan fingerprint density at radius 3 is 1.50 bits per heavy atom. The molecule has 0 fully saturated rings. The van der Waals surface area contributed by atoms with Crippen LogP contribution in [0.2, 0.25) is 0 Å². The van der Waals surface area contributed by atoms with Gasteiger partial charge in [0.15, 0.2) is 0 Å². The van der Waals surface area contributed by atoms with E-state index >= 15 is 0 Å². The topological polar surface area (TPSA) is 18.5 Å². The van der Waals surface area contributed by atoms with Crippen LogP contribution < -0.4 is 0 Å². The molecule has 0 heterocycles. The normalized spacial score (nSPS) is 10.2. The van der Waals surface area contributed by atoms with Crippen LogP contribution in [0.4, 0.5) is 0 Å². The molecule has 0 saturated carbocycles. The smallest absolute Gasteiger partial charge is 0.0830 e. The highest BCUT2D eigenvalue weighted by atomic mass is 79.9. The molecular weight excluding hydrogens is 264 g/mol. The monoisotopic (exact) mass is 274 g/mol. The molecule has 0 radical (unpaired) electrons. The molecule has 0 N–H and O–H groups in total. The molecule has 0 unspecified atom stereocenters. The summed E-state index contributed by atoms with van der Waals surface area (Å²) in [4.78, 5) is 9.65. The van der Waals surface area contributed by atoms with Crippen molar-refractivity contribution in [2.45, 2.75) is 12.8 Å². The average Bonchev–Trinajstić information content (AvgIpc) is 1.97. The van der Waals surface area contributed by atoms with Crippen LogP contribution in [0.3, 0.4) is 0 Å². The van der Waals surface area contributed by atoms with Crippen molar-refractivity contribution in [3.63, 3.8) is 0 Å². The standard InChI is InChI=1S/C6H12Br2O2/c7-3-1-5-9-10-6-2-4-8/h1-6H2. The maximum atomic E-state index is 4.83. The highest BCUT2D eigenvalue weighted by Gasteiger charge is 1.87. The van der Waals surface area contributed by atoms with E-state index in [9.17, 15) is 0 Å². The Kier molecular flexibility index (Phi) is 10.7. The van der Waals surface area contributed by atoms with E-state index in [0.717, 1.165) is 23.5 Å². The molecule has 0 spiro atoms. The molecule has 0 aliphatic heterocycles. The van der Waals surface area contributed by atoms with Gasteiger partial charge in [-0.25, -0.2) is 9.78 Å². The van der Waals surface area contributed by atoms with Gasteiger partial charge in [-0.15, -0.1) is 0 Å². The first-order valence-corrected chi connectivity index (χ1v) is 5.52. The Balaban J connectivity index is 2.65. The first kappa shape index (κ1) is 10.9. The number of halogens is 2. The molecule has 0 amide bonds. The van der Waals surface area contributed by atoms with E-state index in [1.54, 1.807) is 0 Å². The van der Waals surface area contributed by atoms with Crippen molar-refractivity contribution in [1.29, 1.82) is 0 Å². The predicted octanol–water partition coefficient (Wildman–Crippen LogP) is 2.50. The molecule has 0 aromatic heterocycles. The number of hydrogen-bond donors (Lipinski definition) is 0. The SMILES string of the molecule is BrCCCOOCCCBr. The summed E-state index contributed by atoms with van der Waals surface area (Å²) in [5.74, 6) is 0. The summed E-state index contributed by atoms with van der Waals surface area (Å²) in [5.41, 5.74) is 0. The van der Waals surface area contributed by atoms with E-state index in [1.165, 1.54) is 0 Å². The molecule has 0 aromatic rings. The van der Waals surface area contributed by atoms with E-state index in [-0.39, 0.29) is 0 Å². The summed E-state index contributed by atoms with van der Waals surface area (Å²) in [6, 6.07) is 0. The van der Waals surface area contributed by atoms with Gasteiger partial charge >= 0.3 is 0 Å². The minimum Gasteiger partial charge on any atom is -0.237 e. The van der Waals surface area contributed by atoms with Gasteiger partial charge in [0.05, 0.1) is 13.2 Å². The molecule has 0 aromatic carbocycles. The van der Waals surface area contributed by atoms with Gasteiger partial charge in [0.25, 0.3) is 0 Å². The second-order valence-corrected chi connectivity index (χ2v) is 3.32. The maximum absolute atomic E-state index is 4.83. The zero-order chi connectivity index (χ0) is 7.66. The lowest BCUT2D eigenvalue weighted by atomic mass is 10.5. The molecule has 0 rings (SSSR count). The minimum atomic E-state index is 0.674. The Morgan fingerprint density at radius 2 is 1.20 bits per heavy atom. The van der Waals surface area contributed by atoms with Crippen LogP contribution in [0, 0.1) is 0 Å². The molecule has 0 atom stereocenters. The van der Waals surface area contributed by atoms with Gasteiger partial charge < -0.3 is 0 Å². The Morgan fingerprint density at radius 1 is 0.800 bits per heavy atom. The highest BCUT2D eigenvalue weighted by Crippen LogP contribution is 1.92. The maximum Gasteiger partial charge on any atom is 0.0830 e. The fourth-order valence-electron chi connectivity index (χ4n) is 0.345. The van der Waals surface area contributed by atoms with E-state index in [2.05, 4.69) is 31.9 Å². The van der Waals surface area contributed by atoms with E-state index in [1.807, 2.05) is 0 Å². The quantitative estimate of drug-likeness (QED) is 0.308. The van der Waals surface area contributed by atoms with E-state index in [4.69, 9.17) is 9.78 Å². The molecule has 4 heteroatoms. The van der Waals surface area contributed by atoms with E-state index in [0.29, 0.717) is 13.2 Å². The van der Waals surface area contributed by atoms with Crippen LogP contribution in [-0.2, 0) is 9.78 Å². The van der Waals surface area contributed by atoms with Gasteiger partial charge in [-0.1, -0.05) is 31.9 Å². The molecule has 0 aliphatic rings. The largest absolute Gasteiger partial charge is 0.237 e.